The lowest BCUT2D eigenvalue weighted by atomic mass is 9.88. The highest BCUT2D eigenvalue weighted by Gasteiger charge is 2.29. The van der Waals surface area contributed by atoms with Crippen LogP contribution in [0.3, 0.4) is 0 Å². The number of halogens is 1. The molecule has 2 rings (SSSR count). The summed E-state index contributed by atoms with van der Waals surface area (Å²) >= 11 is 10.2. The molecule has 23 heavy (non-hydrogen) atoms. The summed E-state index contributed by atoms with van der Waals surface area (Å²) in [5.74, 6) is -0.889. The normalized spacial score (nSPS) is 13.2. The highest BCUT2D eigenvalue weighted by atomic mass is 35.5. The van der Waals surface area contributed by atoms with Gasteiger partial charge in [0.05, 0.1) is 7.11 Å². The van der Waals surface area contributed by atoms with Gasteiger partial charge in [0.15, 0.2) is 5.78 Å². The van der Waals surface area contributed by atoms with Gasteiger partial charge < -0.3 is 4.74 Å². The molecule has 0 amide bonds. The zero-order chi connectivity index (χ0) is 16.8. The Morgan fingerprint density at radius 3 is 2.26 bits per heavy atom. The minimum absolute atomic E-state index is 0.0709. The predicted octanol–water partition coefficient (Wildman–Crippen LogP) is 4.17. The number of ketones is 1. The van der Waals surface area contributed by atoms with E-state index in [0.717, 1.165) is 5.56 Å². The molecule has 0 bridgehead atoms. The van der Waals surface area contributed by atoms with E-state index in [4.69, 9.17) is 16.3 Å². The van der Waals surface area contributed by atoms with Crippen LogP contribution >= 0.6 is 24.2 Å². The lowest BCUT2D eigenvalue weighted by Crippen LogP contribution is -2.26. The molecular weight excluding hydrogens is 332 g/mol. The number of Topliss-reactive ketones (excluding diaryl/α,β-unsaturated/α-hetero) is 1. The van der Waals surface area contributed by atoms with Crippen molar-refractivity contribution < 1.29 is 14.3 Å². The van der Waals surface area contributed by atoms with E-state index >= 15 is 0 Å². The molecule has 2 aromatic carbocycles. The Bertz CT molecular complexity index is 670. The van der Waals surface area contributed by atoms with Crippen molar-refractivity contribution in [1.82, 2.24) is 0 Å². The molecular formula is C18H17ClO3S. The van der Waals surface area contributed by atoms with Crippen molar-refractivity contribution in [3.05, 3.63) is 70.7 Å². The van der Waals surface area contributed by atoms with Gasteiger partial charge in [-0.25, -0.2) is 0 Å². The number of esters is 1. The van der Waals surface area contributed by atoms with E-state index in [1.54, 1.807) is 24.3 Å². The van der Waals surface area contributed by atoms with Crippen LogP contribution in [0.4, 0.5) is 0 Å². The van der Waals surface area contributed by atoms with Gasteiger partial charge in [0.1, 0.15) is 5.25 Å². The fourth-order valence-electron chi connectivity index (χ4n) is 2.35. The zero-order valence-corrected chi connectivity index (χ0v) is 14.3. The van der Waals surface area contributed by atoms with Crippen molar-refractivity contribution in [3.63, 3.8) is 0 Å². The number of thiol groups is 1. The summed E-state index contributed by atoms with van der Waals surface area (Å²) in [6.07, 6.45) is 0.162. The lowest BCUT2D eigenvalue weighted by Gasteiger charge is -2.21. The van der Waals surface area contributed by atoms with E-state index in [9.17, 15) is 9.59 Å². The molecule has 0 radical (unpaired) electrons. The molecule has 2 unspecified atom stereocenters. The van der Waals surface area contributed by atoms with Crippen molar-refractivity contribution in [2.75, 3.05) is 7.11 Å². The molecule has 0 saturated carbocycles. The van der Waals surface area contributed by atoms with Crippen LogP contribution in [0.2, 0.25) is 5.02 Å². The van der Waals surface area contributed by atoms with Crippen LogP contribution in [0.5, 0.6) is 0 Å². The monoisotopic (exact) mass is 348 g/mol. The molecule has 2 aromatic rings. The topological polar surface area (TPSA) is 43.4 Å². The number of benzene rings is 2. The Kier molecular flexibility index (Phi) is 6.25. The summed E-state index contributed by atoms with van der Waals surface area (Å²) in [5.41, 5.74) is 1.43. The first-order valence-corrected chi connectivity index (χ1v) is 8.02. The summed E-state index contributed by atoms with van der Waals surface area (Å²) in [5, 5.41) is -0.138. The zero-order valence-electron chi connectivity index (χ0n) is 12.6. The number of hydrogen-bond acceptors (Lipinski definition) is 4. The molecule has 0 aliphatic rings. The van der Waals surface area contributed by atoms with Crippen LogP contribution in [0, 0.1) is 0 Å². The lowest BCUT2D eigenvalue weighted by molar-refractivity contribution is -0.140. The average molecular weight is 349 g/mol. The third-order valence-corrected chi connectivity index (χ3v) is 4.45. The quantitative estimate of drug-likeness (QED) is 0.484. The number of ether oxygens (including phenoxy) is 1. The Morgan fingerprint density at radius 2 is 1.70 bits per heavy atom. The second kappa shape index (κ2) is 8.18. The second-order valence-electron chi connectivity index (χ2n) is 5.12. The first-order chi connectivity index (χ1) is 11.0. The Labute approximate surface area is 146 Å². The van der Waals surface area contributed by atoms with E-state index < -0.39 is 11.2 Å². The van der Waals surface area contributed by atoms with Crippen molar-refractivity contribution in [3.8, 4) is 0 Å². The van der Waals surface area contributed by atoms with E-state index in [1.165, 1.54) is 7.11 Å². The molecule has 0 aliphatic heterocycles. The van der Waals surface area contributed by atoms with Crippen LogP contribution in [0.15, 0.2) is 54.6 Å². The van der Waals surface area contributed by atoms with Gasteiger partial charge in [0.2, 0.25) is 0 Å². The van der Waals surface area contributed by atoms with E-state index in [0.29, 0.717) is 10.6 Å². The number of hydrogen-bond donors (Lipinski definition) is 1. The first kappa shape index (κ1) is 17.6. The molecule has 0 aromatic heterocycles. The molecule has 0 heterocycles. The molecule has 5 heteroatoms. The van der Waals surface area contributed by atoms with Gasteiger partial charge in [-0.3, -0.25) is 9.59 Å². The highest BCUT2D eigenvalue weighted by Crippen LogP contribution is 2.29. The molecule has 120 valence electrons. The third-order valence-electron chi connectivity index (χ3n) is 3.62. The van der Waals surface area contributed by atoms with Crippen LogP contribution in [-0.2, 0) is 9.53 Å². The maximum atomic E-state index is 12.5. The summed E-state index contributed by atoms with van der Waals surface area (Å²) in [7, 11) is 1.31. The number of carbonyl (C=O) groups is 2. The van der Waals surface area contributed by atoms with Crippen LogP contribution in [0.25, 0.3) is 0 Å². The van der Waals surface area contributed by atoms with Crippen molar-refractivity contribution >= 4 is 36.0 Å². The predicted molar refractivity (Wildman–Crippen MR) is 94.4 cm³/mol. The van der Waals surface area contributed by atoms with Gasteiger partial charge >= 0.3 is 5.97 Å². The molecule has 0 spiro atoms. The molecule has 2 atom stereocenters. The highest BCUT2D eigenvalue weighted by molar-refractivity contribution is 7.81. The fraction of sp³-hybridized carbons (Fsp3) is 0.222. The molecule has 3 nitrogen and oxygen atoms in total. The summed E-state index contributed by atoms with van der Waals surface area (Å²) in [4.78, 5) is 24.4. The maximum absolute atomic E-state index is 12.5. The first-order valence-electron chi connectivity index (χ1n) is 7.12. The summed E-state index contributed by atoms with van der Waals surface area (Å²) in [6, 6.07) is 16.1. The summed E-state index contributed by atoms with van der Waals surface area (Å²) in [6.45, 7) is 0. The van der Waals surface area contributed by atoms with Crippen molar-refractivity contribution in [1.29, 1.82) is 0 Å². The fourth-order valence-corrected chi connectivity index (χ4v) is 2.86. The smallest absolute Gasteiger partial charge is 0.319 e. The summed E-state index contributed by atoms with van der Waals surface area (Å²) < 4.78 is 4.77. The maximum Gasteiger partial charge on any atom is 0.319 e. The Morgan fingerprint density at radius 1 is 1.09 bits per heavy atom. The van der Waals surface area contributed by atoms with Crippen LogP contribution < -0.4 is 0 Å². The van der Waals surface area contributed by atoms with Crippen molar-refractivity contribution in [2.24, 2.45) is 0 Å². The average Bonchev–Trinajstić information content (AvgIpc) is 2.59. The minimum atomic E-state index is -0.710. The van der Waals surface area contributed by atoms with Gasteiger partial charge in [-0.2, -0.15) is 12.6 Å². The second-order valence-corrected chi connectivity index (χ2v) is 6.11. The van der Waals surface area contributed by atoms with Crippen LogP contribution in [-0.4, -0.2) is 24.1 Å². The van der Waals surface area contributed by atoms with Gasteiger partial charge in [0, 0.05) is 22.9 Å². The number of carbonyl (C=O) groups excluding carboxylic acids is 2. The Hall–Kier alpha value is -1.78. The standard InChI is InChI=1S/C18H17ClO3S/c1-22-18(21)17(23)15(12-5-3-2-4-6-12)11-16(20)13-7-9-14(19)10-8-13/h2-10,15,17,23H,11H2,1H3. The number of methoxy groups -OCH3 is 1. The Balaban J connectivity index is 2.25. The molecule has 0 N–H and O–H groups in total. The largest absolute Gasteiger partial charge is 0.468 e. The van der Waals surface area contributed by atoms with Gasteiger partial charge in [-0.1, -0.05) is 41.9 Å². The van der Waals surface area contributed by atoms with E-state index in [2.05, 4.69) is 12.6 Å². The van der Waals surface area contributed by atoms with Gasteiger partial charge in [0.25, 0.3) is 0 Å². The van der Waals surface area contributed by atoms with E-state index in [1.807, 2.05) is 30.3 Å². The van der Waals surface area contributed by atoms with Gasteiger partial charge in [-0.05, 0) is 29.8 Å². The minimum Gasteiger partial charge on any atom is -0.468 e. The molecule has 0 aliphatic carbocycles. The molecule has 0 fully saturated rings. The van der Waals surface area contributed by atoms with E-state index in [-0.39, 0.29) is 18.1 Å². The number of rotatable bonds is 6. The SMILES string of the molecule is COC(=O)C(S)C(CC(=O)c1ccc(Cl)cc1)c1ccccc1. The third kappa shape index (κ3) is 4.60. The van der Waals surface area contributed by atoms with Crippen molar-refractivity contribution in [2.45, 2.75) is 17.6 Å². The van der Waals surface area contributed by atoms with Gasteiger partial charge in [-0.15, -0.1) is 0 Å². The van der Waals surface area contributed by atoms with Crippen LogP contribution in [0.1, 0.15) is 28.3 Å². The molecule has 0 saturated heterocycles.